The fourth-order valence-corrected chi connectivity index (χ4v) is 5.08. The number of hydrogen-bond donors (Lipinski definition) is 1. The van der Waals surface area contributed by atoms with Gasteiger partial charge in [-0.2, -0.15) is 12.7 Å². The van der Waals surface area contributed by atoms with E-state index in [2.05, 4.69) is 4.72 Å². The number of hydrogen-bond acceptors (Lipinski definition) is 3. The minimum absolute atomic E-state index is 0.367. The predicted octanol–water partition coefficient (Wildman–Crippen LogP) is 2.48. The molecule has 3 rings (SSSR count). The molecular formula is C17H23FN2O3S. The van der Waals surface area contributed by atoms with Crippen molar-refractivity contribution in [1.29, 1.82) is 0 Å². The number of rotatable bonds is 4. The Bertz CT molecular complexity index is 691. The fourth-order valence-electron chi connectivity index (χ4n) is 3.78. The second-order valence-corrected chi connectivity index (χ2v) is 8.36. The molecule has 1 aliphatic carbocycles. The zero-order chi connectivity index (χ0) is 17.2. The highest BCUT2D eigenvalue weighted by Gasteiger charge is 2.44. The standard InChI is InChI=1S/C17H23FN2O3S/c18-15-8-6-14(7-9-15)17(10-2-3-11-17)16(21)19-24(22,23)20-12-4-1-5-13-20/h6-9H,1-5,10-13H2,(H,19,21). The van der Waals surface area contributed by atoms with Gasteiger partial charge in [-0.1, -0.05) is 31.4 Å². The molecule has 2 fully saturated rings. The van der Waals surface area contributed by atoms with Gasteiger partial charge in [-0.3, -0.25) is 4.79 Å². The maximum Gasteiger partial charge on any atom is 0.303 e. The quantitative estimate of drug-likeness (QED) is 0.903. The van der Waals surface area contributed by atoms with Crippen LogP contribution >= 0.6 is 0 Å². The lowest BCUT2D eigenvalue weighted by molar-refractivity contribution is -0.124. The third kappa shape index (κ3) is 3.32. The van der Waals surface area contributed by atoms with E-state index in [-0.39, 0.29) is 5.82 Å². The Morgan fingerprint density at radius 1 is 1.00 bits per heavy atom. The molecule has 132 valence electrons. The van der Waals surface area contributed by atoms with Crippen LogP contribution in [0, 0.1) is 5.82 Å². The van der Waals surface area contributed by atoms with E-state index in [0.29, 0.717) is 31.5 Å². The number of piperidine rings is 1. The highest BCUT2D eigenvalue weighted by atomic mass is 32.2. The fraction of sp³-hybridized carbons (Fsp3) is 0.588. The van der Waals surface area contributed by atoms with Gasteiger partial charge in [-0.05, 0) is 43.4 Å². The number of carbonyl (C=O) groups is 1. The van der Waals surface area contributed by atoms with Crippen LogP contribution in [-0.2, 0) is 20.4 Å². The van der Waals surface area contributed by atoms with E-state index in [0.717, 1.165) is 32.1 Å². The van der Waals surface area contributed by atoms with E-state index >= 15 is 0 Å². The van der Waals surface area contributed by atoms with Gasteiger partial charge >= 0.3 is 10.2 Å². The molecule has 1 heterocycles. The monoisotopic (exact) mass is 354 g/mol. The van der Waals surface area contributed by atoms with Gasteiger partial charge in [0.25, 0.3) is 0 Å². The second-order valence-electron chi connectivity index (χ2n) is 6.69. The average molecular weight is 354 g/mol. The number of amides is 1. The first-order chi connectivity index (χ1) is 11.4. The van der Waals surface area contributed by atoms with Crippen molar-refractivity contribution in [3.05, 3.63) is 35.6 Å². The Labute approximate surface area is 142 Å². The summed E-state index contributed by atoms with van der Waals surface area (Å²) in [5.41, 5.74) is -0.191. The Morgan fingerprint density at radius 3 is 2.17 bits per heavy atom. The Balaban J connectivity index is 1.83. The number of nitrogens with zero attached hydrogens (tertiary/aromatic N) is 1. The van der Waals surface area contributed by atoms with E-state index in [1.54, 1.807) is 12.1 Å². The molecule has 0 bridgehead atoms. The number of halogens is 1. The van der Waals surface area contributed by atoms with Crippen LogP contribution in [0.25, 0.3) is 0 Å². The molecule has 1 saturated heterocycles. The lowest BCUT2D eigenvalue weighted by Gasteiger charge is -2.31. The van der Waals surface area contributed by atoms with Gasteiger partial charge in [0.2, 0.25) is 5.91 Å². The van der Waals surface area contributed by atoms with Gasteiger partial charge in [-0.15, -0.1) is 0 Å². The molecule has 1 N–H and O–H groups in total. The van der Waals surface area contributed by atoms with Gasteiger partial charge in [0.05, 0.1) is 5.41 Å². The lowest BCUT2D eigenvalue weighted by atomic mass is 9.78. The molecule has 1 amide bonds. The molecule has 0 radical (unpaired) electrons. The summed E-state index contributed by atoms with van der Waals surface area (Å²) >= 11 is 0. The van der Waals surface area contributed by atoms with Crippen LogP contribution in [0.2, 0.25) is 0 Å². The van der Waals surface area contributed by atoms with Crippen molar-refractivity contribution in [3.63, 3.8) is 0 Å². The largest absolute Gasteiger partial charge is 0.303 e. The third-order valence-corrected chi connectivity index (χ3v) is 6.65. The minimum atomic E-state index is -3.81. The van der Waals surface area contributed by atoms with Crippen molar-refractivity contribution in [1.82, 2.24) is 9.03 Å². The van der Waals surface area contributed by atoms with E-state index in [9.17, 15) is 17.6 Å². The van der Waals surface area contributed by atoms with Crippen molar-refractivity contribution in [2.24, 2.45) is 0 Å². The Morgan fingerprint density at radius 2 is 1.58 bits per heavy atom. The van der Waals surface area contributed by atoms with Crippen LogP contribution < -0.4 is 4.72 Å². The molecule has 1 aromatic rings. The molecule has 5 nitrogen and oxygen atoms in total. The van der Waals surface area contributed by atoms with Gasteiger partial charge in [0.15, 0.2) is 0 Å². The molecule has 1 aliphatic heterocycles. The molecule has 7 heteroatoms. The molecular weight excluding hydrogens is 331 g/mol. The van der Waals surface area contributed by atoms with Crippen LogP contribution in [0.3, 0.4) is 0 Å². The van der Waals surface area contributed by atoms with E-state index < -0.39 is 21.5 Å². The van der Waals surface area contributed by atoms with Crippen molar-refractivity contribution in [2.45, 2.75) is 50.4 Å². The lowest BCUT2D eigenvalue weighted by Crippen LogP contribution is -2.51. The van der Waals surface area contributed by atoms with Gasteiger partial charge in [-0.25, -0.2) is 9.11 Å². The normalized spacial score (nSPS) is 21.5. The summed E-state index contributed by atoms with van der Waals surface area (Å²) in [5, 5.41) is 0. The number of benzene rings is 1. The summed E-state index contributed by atoms with van der Waals surface area (Å²) in [6, 6.07) is 5.82. The SMILES string of the molecule is O=C(NS(=O)(=O)N1CCCCC1)C1(c2ccc(F)cc2)CCCC1. The Kier molecular flexibility index (Phi) is 4.92. The summed E-state index contributed by atoms with van der Waals surface area (Å²) in [7, 11) is -3.81. The molecule has 0 atom stereocenters. The van der Waals surface area contributed by atoms with Gasteiger partial charge < -0.3 is 0 Å². The van der Waals surface area contributed by atoms with Gasteiger partial charge in [0.1, 0.15) is 5.82 Å². The second kappa shape index (κ2) is 6.80. The van der Waals surface area contributed by atoms with E-state index in [1.165, 1.54) is 16.4 Å². The highest BCUT2D eigenvalue weighted by molar-refractivity contribution is 7.87. The molecule has 2 aliphatic rings. The first kappa shape index (κ1) is 17.4. The summed E-state index contributed by atoms with van der Waals surface area (Å²) < 4.78 is 41.9. The van der Waals surface area contributed by atoms with Crippen LogP contribution in [-0.4, -0.2) is 31.7 Å². The van der Waals surface area contributed by atoms with Crippen molar-refractivity contribution in [2.75, 3.05) is 13.1 Å². The minimum Gasteiger partial charge on any atom is -0.273 e. The molecule has 1 aromatic carbocycles. The number of nitrogens with one attached hydrogen (secondary N) is 1. The Hall–Kier alpha value is -1.47. The maximum absolute atomic E-state index is 13.2. The smallest absolute Gasteiger partial charge is 0.273 e. The average Bonchev–Trinajstić information content (AvgIpc) is 3.07. The van der Waals surface area contributed by atoms with Crippen molar-refractivity contribution >= 4 is 16.1 Å². The van der Waals surface area contributed by atoms with Crippen LogP contribution in [0.4, 0.5) is 4.39 Å². The summed E-state index contributed by atoms with van der Waals surface area (Å²) in [6.07, 6.45) is 5.53. The topological polar surface area (TPSA) is 66.5 Å². The maximum atomic E-state index is 13.2. The predicted molar refractivity (Wildman–Crippen MR) is 89.0 cm³/mol. The van der Waals surface area contributed by atoms with Crippen LogP contribution in [0.1, 0.15) is 50.5 Å². The summed E-state index contributed by atoms with van der Waals surface area (Å²) in [6.45, 7) is 0.901. The van der Waals surface area contributed by atoms with Crippen LogP contribution in [0.5, 0.6) is 0 Å². The number of carbonyl (C=O) groups excluding carboxylic acids is 1. The zero-order valence-electron chi connectivity index (χ0n) is 13.6. The van der Waals surface area contributed by atoms with Gasteiger partial charge in [0, 0.05) is 13.1 Å². The molecule has 0 unspecified atom stereocenters. The highest BCUT2D eigenvalue weighted by Crippen LogP contribution is 2.41. The molecule has 0 aromatic heterocycles. The molecule has 24 heavy (non-hydrogen) atoms. The summed E-state index contributed by atoms with van der Waals surface area (Å²) in [5.74, 6) is -0.856. The van der Waals surface area contributed by atoms with E-state index in [1.807, 2.05) is 0 Å². The first-order valence-electron chi connectivity index (χ1n) is 8.52. The van der Waals surface area contributed by atoms with E-state index in [4.69, 9.17) is 0 Å². The third-order valence-electron chi connectivity index (χ3n) is 5.17. The summed E-state index contributed by atoms with van der Waals surface area (Å²) in [4.78, 5) is 12.9. The van der Waals surface area contributed by atoms with Crippen molar-refractivity contribution < 1.29 is 17.6 Å². The molecule has 0 spiro atoms. The van der Waals surface area contributed by atoms with Crippen molar-refractivity contribution in [3.8, 4) is 0 Å². The molecule has 1 saturated carbocycles. The van der Waals surface area contributed by atoms with Crippen LogP contribution in [0.15, 0.2) is 24.3 Å². The first-order valence-corrected chi connectivity index (χ1v) is 9.96. The zero-order valence-corrected chi connectivity index (χ0v) is 14.4.